The predicted molar refractivity (Wildman–Crippen MR) is 104 cm³/mol. The molecule has 3 heterocycles. The van der Waals surface area contributed by atoms with Crippen LogP contribution in [0, 0.1) is 13.8 Å². The maximum atomic E-state index is 12.6. The third kappa shape index (κ3) is 6.42. The summed E-state index contributed by atoms with van der Waals surface area (Å²) in [6.07, 6.45) is -0.165. The molecule has 2 aliphatic heterocycles. The largest absolute Gasteiger partial charge is 0.490 e. The molecular weight excluding hydrogens is 419 g/mol. The zero-order valence-electron chi connectivity index (χ0n) is 18.1. The van der Waals surface area contributed by atoms with Gasteiger partial charge in [0.1, 0.15) is 5.76 Å². The number of ether oxygens (including phenoxy) is 1. The average Bonchev–Trinajstić information content (AvgIpc) is 3.08. The van der Waals surface area contributed by atoms with Crippen molar-refractivity contribution in [2.75, 3.05) is 33.4 Å². The summed E-state index contributed by atoms with van der Waals surface area (Å²) < 4.78 is 42.2. The third-order valence-electron chi connectivity index (χ3n) is 6.04. The molecule has 1 unspecified atom stereocenters. The molecule has 1 amide bonds. The molecule has 2 aliphatic rings. The fourth-order valence-corrected chi connectivity index (χ4v) is 4.21. The molecule has 31 heavy (non-hydrogen) atoms. The molecule has 1 spiro atoms. The molecule has 1 atom stereocenters. The second-order valence-electron chi connectivity index (χ2n) is 8.00. The highest BCUT2D eigenvalue weighted by Crippen LogP contribution is 2.40. The number of likely N-dealkylation sites (tertiary alicyclic amines) is 2. The van der Waals surface area contributed by atoms with Crippen LogP contribution in [0.15, 0.2) is 4.52 Å². The fraction of sp³-hybridized carbons (Fsp3) is 0.750. The van der Waals surface area contributed by atoms with E-state index in [1.807, 2.05) is 13.8 Å². The summed E-state index contributed by atoms with van der Waals surface area (Å²) in [6, 6.07) is 0. The van der Waals surface area contributed by atoms with Gasteiger partial charge in [-0.2, -0.15) is 13.2 Å². The highest BCUT2D eigenvalue weighted by Gasteiger charge is 2.46. The van der Waals surface area contributed by atoms with Crippen molar-refractivity contribution in [3.05, 3.63) is 17.0 Å². The molecule has 8 nitrogen and oxygen atoms in total. The minimum Gasteiger partial charge on any atom is -0.475 e. The van der Waals surface area contributed by atoms with Crippen molar-refractivity contribution >= 4 is 11.9 Å². The number of nitrogens with zero attached hydrogens (tertiary/aromatic N) is 3. The summed E-state index contributed by atoms with van der Waals surface area (Å²) in [5.41, 5.74) is 1.98. The molecule has 1 aromatic heterocycles. The lowest BCUT2D eigenvalue weighted by Gasteiger charge is -2.38. The number of amides is 1. The van der Waals surface area contributed by atoms with Gasteiger partial charge >= 0.3 is 12.1 Å². The van der Waals surface area contributed by atoms with E-state index >= 15 is 0 Å². The van der Waals surface area contributed by atoms with Crippen LogP contribution >= 0.6 is 0 Å². The van der Waals surface area contributed by atoms with Gasteiger partial charge in [0.25, 0.3) is 0 Å². The number of carbonyl (C=O) groups is 2. The minimum atomic E-state index is -5.08. The van der Waals surface area contributed by atoms with E-state index in [9.17, 15) is 18.0 Å². The molecule has 0 saturated carbocycles. The fourth-order valence-electron chi connectivity index (χ4n) is 4.21. The number of methoxy groups -OCH3 is 1. The van der Waals surface area contributed by atoms with Crippen LogP contribution in [0.2, 0.25) is 0 Å². The van der Waals surface area contributed by atoms with Crippen LogP contribution in [-0.2, 0) is 20.9 Å². The first-order valence-corrected chi connectivity index (χ1v) is 10.2. The van der Waals surface area contributed by atoms with Gasteiger partial charge in [-0.05, 0) is 46.1 Å². The third-order valence-corrected chi connectivity index (χ3v) is 6.04. The van der Waals surface area contributed by atoms with E-state index in [2.05, 4.69) is 15.0 Å². The summed E-state index contributed by atoms with van der Waals surface area (Å²) >= 11 is 0. The Morgan fingerprint density at radius 2 is 1.94 bits per heavy atom. The number of halogens is 3. The molecule has 0 aromatic carbocycles. The molecule has 176 valence electrons. The summed E-state index contributed by atoms with van der Waals surface area (Å²) in [5, 5.41) is 11.2. The lowest BCUT2D eigenvalue weighted by atomic mass is 9.87. The number of aliphatic carboxylic acids is 1. The van der Waals surface area contributed by atoms with Crippen molar-refractivity contribution in [3.63, 3.8) is 0 Å². The molecule has 1 aromatic rings. The number of alkyl halides is 3. The molecule has 2 fully saturated rings. The van der Waals surface area contributed by atoms with E-state index in [1.54, 1.807) is 7.11 Å². The first-order valence-electron chi connectivity index (χ1n) is 10.2. The number of hydrogen-bond donors (Lipinski definition) is 1. The highest BCUT2D eigenvalue weighted by atomic mass is 19.4. The number of hydrogen-bond acceptors (Lipinski definition) is 6. The second-order valence-corrected chi connectivity index (χ2v) is 8.00. The van der Waals surface area contributed by atoms with E-state index in [0.717, 1.165) is 68.9 Å². The van der Waals surface area contributed by atoms with Gasteiger partial charge in [-0.15, -0.1) is 0 Å². The Balaban J connectivity index is 0.000000423. The van der Waals surface area contributed by atoms with Crippen molar-refractivity contribution < 1.29 is 37.1 Å². The predicted octanol–water partition coefficient (Wildman–Crippen LogP) is 2.92. The van der Waals surface area contributed by atoms with Crippen LogP contribution in [-0.4, -0.2) is 77.0 Å². The standard InChI is InChI=1S/C18H29N3O3.C2HF3O2/c1-14-16(15(2)24-19-14)13-21-17(22)5-7-18(21)6-4-9-20(10-8-18)11-12-23-3;3-2(4,5)1(6)7/h4-13H2,1-3H3;(H,6,7). The van der Waals surface area contributed by atoms with Crippen molar-refractivity contribution in [1.29, 1.82) is 0 Å². The molecule has 0 bridgehead atoms. The van der Waals surface area contributed by atoms with E-state index < -0.39 is 12.1 Å². The highest BCUT2D eigenvalue weighted by molar-refractivity contribution is 5.79. The minimum absolute atomic E-state index is 0.00898. The Morgan fingerprint density at radius 1 is 1.26 bits per heavy atom. The van der Waals surface area contributed by atoms with Crippen LogP contribution in [0.5, 0.6) is 0 Å². The smallest absolute Gasteiger partial charge is 0.475 e. The Hall–Kier alpha value is -2.14. The quantitative estimate of drug-likeness (QED) is 0.738. The van der Waals surface area contributed by atoms with Crippen molar-refractivity contribution in [2.24, 2.45) is 0 Å². The number of carboxylic acids is 1. The summed E-state index contributed by atoms with van der Waals surface area (Å²) in [6.45, 7) is 8.41. The molecule has 1 N–H and O–H groups in total. The van der Waals surface area contributed by atoms with Gasteiger partial charge in [-0.25, -0.2) is 4.79 Å². The molecule has 3 rings (SSSR count). The van der Waals surface area contributed by atoms with E-state index in [-0.39, 0.29) is 11.4 Å². The van der Waals surface area contributed by atoms with Gasteiger partial charge in [0, 0.05) is 37.7 Å². The lowest BCUT2D eigenvalue weighted by Crippen LogP contribution is -2.46. The Morgan fingerprint density at radius 3 is 2.48 bits per heavy atom. The van der Waals surface area contributed by atoms with Crippen molar-refractivity contribution in [1.82, 2.24) is 15.0 Å². The van der Waals surface area contributed by atoms with Crippen molar-refractivity contribution in [2.45, 2.75) is 64.2 Å². The van der Waals surface area contributed by atoms with Gasteiger partial charge in [0.2, 0.25) is 5.91 Å². The molecular formula is C20H30F3N3O5. The molecule has 0 aliphatic carbocycles. The van der Waals surface area contributed by atoms with Crippen LogP contribution < -0.4 is 0 Å². The maximum Gasteiger partial charge on any atom is 0.490 e. The van der Waals surface area contributed by atoms with Crippen LogP contribution in [0.4, 0.5) is 13.2 Å². The zero-order valence-corrected chi connectivity index (χ0v) is 18.1. The molecule has 2 saturated heterocycles. The van der Waals surface area contributed by atoms with Crippen LogP contribution in [0.3, 0.4) is 0 Å². The van der Waals surface area contributed by atoms with E-state index in [0.29, 0.717) is 13.0 Å². The molecule has 11 heteroatoms. The average molecular weight is 449 g/mol. The lowest BCUT2D eigenvalue weighted by molar-refractivity contribution is -0.192. The van der Waals surface area contributed by atoms with Gasteiger partial charge in [-0.1, -0.05) is 5.16 Å². The van der Waals surface area contributed by atoms with Crippen molar-refractivity contribution in [3.8, 4) is 0 Å². The zero-order chi connectivity index (χ0) is 23.2. The summed E-state index contributed by atoms with van der Waals surface area (Å²) in [7, 11) is 1.75. The van der Waals surface area contributed by atoms with Gasteiger partial charge in [0.05, 0.1) is 18.8 Å². The Bertz CT molecular complexity index is 748. The number of aryl methyl sites for hydroxylation is 2. The summed E-state index contributed by atoms with van der Waals surface area (Å²) in [5.74, 6) is -1.65. The second kappa shape index (κ2) is 10.4. The number of rotatable bonds is 5. The van der Waals surface area contributed by atoms with E-state index in [1.165, 1.54) is 0 Å². The van der Waals surface area contributed by atoms with Gasteiger partial charge < -0.3 is 24.2 Å². The topological polar surface area (TPSA) is 96.1 Å². The monoisotopic (exact) mass is 449 g/mol. The first-order chi connectivity index (χ1) is 14.5. The Labute approximate surface area is 179 Å². The maximum absolute atomic E-state index is 12.6. The van der Waals surface area contributed by atoms with E-state index in [4.69, 9.17) is 19.2 Å². The number of carbonyl (C=O) groups excluding carboxylic acids is 1. The molecule has 0 radical (unpaired) electrons. The number of aromatic nitrogens is 1. The van der Waals surface area contributed by atoms with Gasteiger partial charge in [-0.3, -0.25) is 4.79 Å². The SMILES string of the molecule is COCCN1CCCC2(CCC(=O)N2Cc2c(C)noc2C)CC1.O=C(O)C(F)(F)F. The summed E-state index contributed by atoms with van der Waals surface area (Å²) in [4.78, 5) is 26.1. The Kier molecular flexibility index (Phi) is 8.47. The van der Waals surface area contributed by atoms with Crippen LogP contribution in [0.1, 0.15) is 49.1 Å². The normalized spacial score (nSPS) is 22.4. The first kappa shape index (κ1) is 25.1. The van der Waals surface area contributed by atoms with Crippen LogP contribution in [0.25, 0.3) is 0 Å². The van der Waals surface area contributed by atoms with Gasteiger partial charge in [0.15, 0.2) is 0 Å². The number of carboxylic acid groups (broad SMARTS) is 1.